The first-order valence-electron chi connectivity index (χ1n) is 7.81. The smallest absolute Gasteiger partial charge is 0.299 e. The third-order valence-corrected chi connectivity index (χ3v) is 5.14. The molecule has 0 N–H and O–H groups in total. The summed E-state index contributed by atoms with van der Waals surface area (Å²) in [6, 6.07) is 4.95. The van der Waals surface area contributed by atoms with E-state index in [1.165, 1.54) is 0 Å². The molecule has 0 saturated carbocycles. The highest BCUT2D eigenvalue weighted by atomic mass is 32.2. The second-order valence-corrected chi connectivity index (χ2v) is 8.10. The summed E-state index contributed by atoms with van der Waals surface area (Å²) in [5.74, 6) is -4.74. The average Bonchev–Trinajstić information content (AvgIpc) is 2.61. The number of nitrogens with zero attached hydrogens (tertiary/aromatic N) is 2. The van der Waals surface area contributed by atoms with Crippen LogP contribution in [0.4, 0.5) is 15.8 Å². The fraction of sp³-hybridized carbons (Fsp3) is 0.176. The second kappa shape index (κ2) is 7.83. The van der Waals surface area contributed by atoms with Gasteiger partial charge in [-0.1, -0.05) is 6.07 Å². The largest absolute Gasteiger partial charge is 0.305 e. The molecule has 0 radical (unpaired) electrons. The van der Waals surface area contributed by atoms with Gasteiger partial charge in [0.2, 0.25) is 5.82 Å². The molecule has 2 aromatic carbocycles. The molecule has 2 aromatic rings. The van der Waals surface area contributed by atoms with Crippen molar-refractivity contribution in [3.8, 4) is 0 Å². The Labute approximate surface area is 163 Å². The molecular formula is C17H13FN2O8S. The molecule has 0 bridgehead atoms. The van der Waals surface area contributed by atoms with Crippen LogP contribution in [-0.4, -0.2) is 36.1 Å². The van der Waals surface area contributed by atoms with Gasteiger partial charge in [0.05, 0.1) is 20.3 Å². The molecule has 12 heteroatoms. The highest BCUT2D eigenvalue weighted by molar-refractivity contribution is 7.90. The quantitative estimate of drug-likeness (QED) is 0.284. The van der Waals surface area contributed by atoms with Crippen LogP contribution in [0.25, 0.3) is 0 Å². The van der Waals surface area contributed by atoms with Crippen LogP contribution >= 0.6 is 0 Å². The number of nitro benzene ring substituents is 2. The van der Waals surface area contributed by atoms with Crippen molar-refractivity contribution in [1.82, 2.24) is 0 Å². The van der Waals surface area contributed by atoms with Gasteiger partial charge in [0.1, 0.15) is 11.7 Å². The van der Waals surface area contributed by atoms with Crippen LogP contribution < -0.4 is 0 Å². The van der Waals surface area contributed by atoms with E-state index < -0.39 is 64.8 Å². The minimum atomic E-state index is -3.81. The maximum atomic E-state index is 13.6. The molecule has 0 aliphatic carbocycles. The third kappa shape index (κ3) is 4.48. The van der Waals surface area contributed by atoms with Gasteiger partial charge in [-0.2, -0.15) is 4.39 Å². The van der Waals surface area contributed by atoms with Gasteiger partial charge in [-0.05, 0) is 30.7 Å². The Morgan fingerprint density at radius 1 is 1.00 bits per heavy atom. The SMILES string of the molecule is CC(=O)C(C(=O)c1ccc(S(C)(=O)=O)cc1[N+](=O)[O-])c1ccc(F)c([N+](=O)[O-])c1. The topological polar surface area (TPSA) is 155 Å². The number of Topliss-reactive ketones (excluding diaryl/α,β-unsaturated/α-hetero) is 2. The van der Waals surface area contributed by atoms with Crippen LogP contribution in [-0.2, 0) is 14.6 Å². The number of hydrogen-bond donors (Lipinski definition) is 0. The van der Waals surface area contributed by atoms with Crippen molar-refractivity contribution >= 4 is 32.8 Å². The molecule has 0 spiro atoms. The normalized spacial score (nSPS) is 12.2. The summed E-state index contributed by atoms with van der Waals surface area (Å²) in [7, 11) is -3.81. The molecule has 0 saturated heterocycles. The van der Waals surface area contributed by atoms with Crippen LogP contribution in [0.1, 0.15) is 28.8 Å². The van der Waals surface area contributed by atoms with Crippen LogP contribution in [0.5, 0.6) is 0 Å². The van der Waals surface area contributed by atoms with E-state index >= 15 is 0 Å². The van der Waals surface area contributed by atoms with Gasteiger partial charge in [0, 0.05) is 18.4 Å². The predicted octanol–water partition coefficient (Wildman–Crippen LogP) is 2.60. The fourth-order valence-electron chi connectivity index (χ4n) is 2.68. The Hall–Kier alpha value is -3.54. The van der Waals surface area contributed by atoms with E-state index in [9.17, 15) is 42.6 Å². The number of rotatable bonds is 7. The highest BCUT2D eigenvalue weighted by Gasteiger charge is 2.33. The highest BCUT2D eigenvalue weighted by Crippen LogP contribution is 2.31. The molecule has 1 atom stereocenters. The average molecular weight is 424 g/mol. The van der Waals surface area contributed by atoms with Gasteiger partial charge in [-0.3, -0.25) is 29.8 Å². The molecule has 1 unspecified atom stereocenters. The maximum absolute atomic E-state index is 13.6. The van der Waals surface area contributed by atoms with Crippen LogP contribution in [0.2, 0.25) is 0 Å². The van der Waals surface area contributed by atoms with Crippen molar-refractivity contribution in [2.24, 2.45) is 0 Å². The third-order valence-electron chi connectivity index (χ3n) is 4.03. The molecule has 2 rings (SSSR count). The van der Waals surface area contributed by atoms with Crippen molar-refractivity contribution in [1.29, 1.82) is 0 Å². The molecule has 0 amide bonds. The lowest BCUT2D eigenvalue weighted by atomic mass is 9.87. The van der Waals surface area contributed by atoms with Crippen molar-refractivity contribution in [3.05, 3.63) is 73.6 Å². The predicted molar refractivity (Wildman–Crippen MR) is 97.0 cm³/mol. The van der Waals surface area contributed by atoms with Crippen molar-refractivity contribution in [2.45, 2.75) is 17.7 Å². The molecule has 0 aliphatic rings. The maximum Gasteiger partial charge on any atom is 0.305 e. The Kier molecular flexibility index (Phi) is 5.88. The standard InChI is InChI=1S/C17H13FN2O8S/c1-9(21)16(10-3-6-13(18)15(7-10)20(25)26)17(22)12-5-4-11(29(2,27)28)8-14(12)19(23)24/h3-8,16H,1-2H3. The van der Waals surface area contributed by atoms with Gasteiger partial charge in [-0.15, -0.1) is 0 Å². The zero-order valence-electron chi connectivity index (χ0n) is 15.0. The van der Waals surface area contributed by atoms with Gasteiger partial charge in [0.25, 0.3) is 5.69 Å². The number of nitro groups is 2. The number of carbonyl (C=O) groups excluding carboxylic acids is 2. The first-order valence-corrected chi connectivity index (χ1v) is 9.70. The summed E-state index contributed by atoms with van der Waals surface area (Å²) in [6.07, 6.45) is 0.823. The van der Waals surface area contributed by atoms with Crippen LogP contribution in [0.15, 0.2) is 41.3 Å². The summed E-state index contributed by atoms with van der Waals surface area (Å²) in [6.45, 7) is 0.995. The van der Waals surface area contributed by atoms with Gasteiger partial charge in [-0.25, -0.2) is 8.42 Å². The second-order valence-electron chi connectivity index (χ2n) is 6.08. The molecule has 0 fully saturated rings. The zero-order chi connectivity index (χ0) is 22.1. The van der Waals surface area contributed by atoms with Crippen molar-refractivity contribution in [2.75, 3.05) is 6.26 Å². The van der Waals surface area contributed by atoms with Gasteiger partial charge >= 0.3 is 5.69 Å². The van der Waals surface area contributed by atoms with Gasteiger partial charge in [0.15, 0.2) is 15.6 Å². The summed E-state index contributed by atoms with van der Waals surface area (Å²) in [4.78, 5) is 44.8. The Morgan fingerprint density at radius 3 is 2.07 bits per heavy atom. The van der Waals surface area contributed by atoms with E-state index in [-0.39, 0.29) is 5.56 Å². The molecule has 0 aromatic heterocycles. The van der Waals surface area contributed by atoms with E-state index in [0.717, 1.165) is 31.4 Å². The lowest BCUT2D eigenvalue weighted by molar-refractivity contribution is -0.387. The Balaban J connectivity index is 2.67. The Bertz CT molecular complexity index is 1160. The molecule has 10 nitrogen and oxygen atoms in total. The number of halogens is 1. The minimum Gasteiger partial charge on any atom is -0.299 e. The first kappa shape index (κ1) is 21.8. The van der Waals surface area contributed by atoms with E-state index in [1.807, 2.05) is 0 Å². The number of benzene rings is 2. The lowest BCUT2D eigenvalue weighted by Crippen LogP contribution is -2.21. The van der Waals surface area contributed by atoms with E-state index in [4.69, 9.17) is 0 Å². The van der Waals surface area contributed by atoms with Crippen LogP contribution in [0.3, 0.4) is 0 Å². The molecule has 0 aliphatic heterocycles. The summed E-state index contributed by atoms with van der Waals surface area (Å²) < 4.78 is 36.8. The van der Waals surface area contributed by atoms with Crippen molar-refractivity contribution < 1.29 is 32.2 Å². The summed E-state index contributed by atoms with van der Waals surface area (Å²) in [5.41, 5.74) is -2.60. The molecule has 152 valence electrons. The van der Waals surface area contributed by atoms with Crippen molar-refractivity contribution in [3.63, 3.8) is 0 Å². The summed E-state index contributed by atoms with van der Waals surface area (Å²) >= 11 is 0. The number of hydrogen-bond acceptors (Lipinski definition) is 8. The van der Waals surface area contributed by atoms with E-state index in [2.05, 4.69) is 0 Å². The fourth-order valence-corrected chi connectivity index (χ4v) is 3.32. The minimum absolute atomic E-state index is 0.225. The monoisotopic (exact) mass is 424 g/mol. The number of carbonyl (C=O) groups is 2. The Morgan fingerprint density at radius 2 is 1.59 bits per heavy atom. The van der Waals surface area contributed by atoms with E-state index in [1.54, 1.807) is 0 Å². The number of ketones is 2. The first-order chi connectivity index (χ1) is 13.3. The lowest BCUT2D eigenvalue weighted by Gasteiger charge is -2.14. The van der Waals surface area contributed by atoms with Gasteiger partial charge < -0.3 is 0 Å². The van der Waals surface area contributed by atoms with E-state index in [0.29, 0.717) is 18.2 Å². The number of sulfone groups is 1. The zero-order valence-corrected chi connectivity index (χ0v) is 15.8. The molecule has 0 heterocycles. The molecule has 29 heavy (non-hydrogen) atoms. The summed E-state index contributed by atoms with van der Waals surface area (Å²) in [5, 5.41) is 22.3. The van der Waals surface area contributed by atoms with Crippen LogP contribution in [0, 0.1) is 26.0 Å². The molecular weight excluding hydrogens is 411 g/mol.